The lowest BCUT2D eigenvalue weighted by Gasteiger charge is -2.27. The molecule has 4 rings (SSSR count). The summed E-state index contributed by atoms with van der Waals surface area (Å²) in [5.41, 5.74) is 1.35. The Morgan fingerprint density at radius 3 is 2.12 bits per heavy atom. The molecule has 0 saturated carbocycles. The zero-order chi connectivity index (χ0) is 24.3. The molecule has 0 fully saturated rings. The molecule has 0 radical (unpaired) electrons. The van der Waals surface area contributed by atoms with Crippen molar-refractivity contribution in [2.24, 2.45) is 5.10 Å². The Morgan fingerprint density at radius 2 is 1.53 bits per heavy atom. The maximum atomic E-state index is 13.9. The van der Waals surface area contributed by atoms with Crippen molar-refractivity contribution in [3.63, 3.8) is 0 Å². The van der Waals surface area contributed by atoms with Crippen LogP contribution in [0, 0.1) is 0 Å². The van der Waals surface area contributed by atoms with Crippen LogP contribution in [0.4, 0.5) is 18.9 Å². The number of hydrogen-bond donors (Lipinski definition) is 0. The molecule has 0 bridgehead atoms. The summed E-state index contributed by atoms with van der Waals surface area (Å²) >= 11 is 6.30. The highest BCUT2D eigenvalue weighted by Crippen LogP contribution is 2.46. The molecule has 0 aromatic heterocycles. The molecular weight excluding hydrogens is 465 g/mol. The SMILES string of the molecule is COc1ccc(C=CC2=NN(c3c(Cl)cccc3C(F)(F)F)C(c3ccc(OC)cc3)C2)cc1. The van der Waals surface area contributed by atoms with E-state index in [1.165, 1.54) is 17.1 Å². The van der Waals surface area contributed by atoms with Crippen molar-refractivity contribution in [1.29, 1.82) is 0 Å². The van der Waals surface area contributed by atoms with Crippen LogP contribution in [-0.4, -0.2) is 19.9 Å². The van der Waals surface area contributed by atoms with Crippen LogP contribution in [0.3, 0.4) is 0 Å². The number of allylic oxidation sites excluding steroid dienone is 1. The molecule has 176 valence electrons. The van der Waals surface area contributed by atoms with E-state index in [0.717, 1.165) is 22.9 Å². The first-order valence-electron chi connectivity index (χ1n) is 10.5. The van der Waals surface area contributed by atoms with Crippen LogP contribution in [-0.2, 0) is 6.18 Å². The molecule has 8 heteroatoms. The summed E-state index contributed by atoms with van der Waals surface area (Å²) in [6.07, 6.45) is -0.504. The summed E-state index contributed by atoms with van der Waals surface area (Å²) < 4.78 is 52.0. The van der Waals surface area contributed by atoms with E-state index in [2.05, 4.69) is 5.10 Å². The van der Waals surface area contributed by atoms with Crippen molar-refractivity contribution in [3.8, 4) is 11.5 Å². The van der Waals surface area contributed by atoms with E-state index in [4.69, 9.17) is 21.1 Å². The standard InChI is InChI=1S/C26H22ClF3N2O2/c1-33-20-12-7-17(8-13-20)6-11-19-16-24(18-9-14-21(34-2)15-10-18)32(31-19)25-22(26(28,29)30)4-3-5-23(25)27/h3-15,24H,16H2,1-2H3. The Bertz CT molecular complexity index is 1210. The molecule has 0 spiro atoms. The number of hydrazone groups is 1. The normalized spacial score (nSPS) is 16.1. The molecule has 1 aliphatic rings. The number of benzene rings is 3. The van der Waals surface area contributed by atoms with Crippen molar-refractivity contribution in [2.45, 2.75) is 18.6 Å². The Kier molecular flexibility index (Phi) is 6.84. The second kappa shape index (κ2) is 9.81. The number of nitrogens with zero attached hydrogens (tertiary/aromatic N) is 2. The third-order valence-electron chi connectivity index (χ3n) is 5.54. The van der Waals surface area contributed by atoms with Gasteiger partial charge >= 0.3 is 6.18 Å². The van der Waals surface area contributed by atoms with Gasteiger partial charge in [0, 0.05) is 6.42 Å². The highest BCUT2D eigenvalue weighted by molar-refractivity contribution is 6.33. The fourth-order valence-corrected chi connectivity index (χ4v) is 4.07. The number of alkyl halides is 3. The van der Waals surface area contributed by atoms with Gasteiger partial charge in [-0.05, 0) is 53.6 Å². The highest BCUT2D eigenvalue weighted by Gasteiger charge is 2.39. The summed E-state index contributed by atoms with van der Waals surface area (Å²) in [7, 11) is 3.15. The van der Waals surface area contributed by atoms with E-state index in [0.29, 0.717) is 17.9 Å². The number of halogens is 4. The monoisotopic (exact) mass is 486 g/mol. The maximum absolute atomic E-state index is 13.9. The Balaban J connectivity index is 1.74. The smallest absolute Gasteiger partial charge is 0.418 e. The van der Waals surface area contributed by atoms with Crippen LogP contribution in [0.25, 0.3) is 6.08 Å². The molecule has 1 aliphatic heterocycles. The van der Waals surface area contributed by atoms with Gasteiger partial charge in [0.05, 0.1) is 42.2 Å². The van der Waals surface area contributed by atoms with Crippen molar-refractivity contribution >= 4 is 29.1 Å². The van der Waals surface area contributed by atoms with Gasteiger partial charge in [0.1, 0.15) is 11.5 Å². The van der Waals surface area contributed by atoms with Gasteiger partial charge in [-0.15, -0.1) is 0 Å². The van der Waals surface area contributed by atoms with Gasteiger partial charge in [0.2, 0.25) is 0 Å². The lowest BCUT2D eigenvalue weighted by Crippen LogP contribution is -2.22. The van der Waals surface area contributed by atoms with Gasteiger partial charge in [-0.3, -0.25) is 5.01 Å². The van der Waals surface area contributed by atoms with E-state index in [9.17, 15) is 13.2 Å². The van der Waals surface area contributed by atoms with Crippen LogP contribution in [0.15, 0.2) is 77.9 Å². The molecule has 0 amide bonds. The number of rotatable bonds is 6. The third-order valence-corrected chi connectivity index (χ3v) is 5.84. The maximum Gasteiger partial charge on any atom is 0.418 e. The molecular formula is C26H22ClF3N2O2. The third kappa shape index (κ3) is 5.04. The second-order valence-electron chi connectivity index (χ2n) is 7.67. The molecule has 0 aliphatic carbocycles. The summed E-state index contributed by atoms with van der Waals surface area (Å²) in [6.45, 7) is 0. The van der Waals surface area contributed by atoms with Gasteiger partial charge in [0.25, 0.3) is 0 Å². The zero-order valence-corrected chi connectivity index (χ0v) is 19.3. The van der Waals surface area contributed by atoms with E-state index in [1.807, 2.05) is 48.6 Å². The molecule has 1 unspecified atom stereocenters. The van der Waals surface area contributed by atoms with Crippen molar-refractivity contribution in [2.75, 3.05) is 19.2 Å². The van der Waals surface area contributed by atoms with Gasteiger partial charge in [-0.25, -0.2) is 0 Å². The van der Waals surface area contributed by atoms with E-state index in [1.54, 1.807) is 26.4 Å². The Labute approximate surface area is 200 Å². The predicted molar refractivity (Wildman–Crippen MR) is 129 cm³/mol. The summed E-state index contributed by atoms with van der Waals surface area (Å²) in [5, 5.41) is 5.92. The van der Waals surface area contributed by atoms with Crippen molar-refractivity contribution in [3.05, 3.63) is 94.5 Å². The van der Waals surface area contributed by atoms with Gasteiger partial charge in [0.15, 0.2) is 0 Å². The van der Waals surface area contributed by atoms with E-state index < -0.39 is 17.8 Å². The Morgan fingerprint density at radius 1 is 0.912 bits per heavy atom. The molecule has 1 atom stereocenters. The quantitative estimate of drug-likeness (QED) is 0.364. The average molecular weight is 487 g/mol. The van der Waals surface area contributed by atoms with Crippen LogP contribution >= 0.6 is 11.6 Å². The summed E-state index contributed by atoms with van der Waals surface area (Å²) in [6, 6.07) is 17.9. The summed E-state index contributed by atoms with van der Waals surface area (Å²) in [5.74, 6) is 1.39. The minimum atomic E-state index is -4.58. The van der Waals surface area contributed by atoms with Gasteiger partial charge < -0.3 is 9.47 Å². The molecule has 3 aromatic rings. The van der Waals surface area contributed by atoms with Crippen LogP contribution < -0.4 is 14.5 Å². The largest absolute Gasteiger partial charge is 0.497 e. The molecule has 0 saturated heterocycles. The number of methoxy groups -OCH3 is 2. The number of ether oxygens (including phenoxy) is 2. The molecule has 3 aromatic carbocycles. The number of hydrogen-bond acceptors (Lipinski definition) is 4. The first-order valence-corrected chi connectivity index (χ1v) is 10.9. The molecule has 1 heterocycles. The molecule has 0 N–H and O–H groups in total. The Hall–Kier alpha value is -3.45. The van der Waals surface area contributed by atoms with Crippen molar-refractivity contribution in [1.82, 2.24) is 0 Å². The van der Waals surface area contributed by atoms with Crippen LogP contribution in [0.1, 0.15) is 29.2 Å². The van der Waals surface area contributed by atoms with Crippen LogP contribution in [0.5, 0.6) is 11.5 Å². The molecule has 4 nitrogen and oxygen atoms in total. The van der Waals surface area contributed by atoms with E-state index >= 15 is 0 Å². The first kappa shape index (κ1) is 23.7. The second-order valence-corrected chi connectivity index (χ2v) is 8.08. The minimum absolute atomic E-state index is 0.0162. The lowest BCUT2D eigenvalue weighted by molar-refractivity contribution is -0.137. The average Bonchev–Trinajstić information content (AvgIpc) is 3.26. The molecule has 34 heavy (non-hydrogen) atoms. The van der Waals surface area contributed by atoms with Crippen molar-refractivity contribution < 1.29 is 22.6 Å². The minimum Gasteiger partial charge on any atom is -0.497 e. The summed E-state index contributed by atoms with van der Waals surface area (Å²) in [4.78, 5) is 0. The fourth-order valence-electron chi connectivity index (χ4n) is 3.81. The highest BCUT2D eigenvalue weighted by atomic mass is 35.5. The predicted octanol–water partition coefficient (Wildman–Crippen LogP) is 7.40. The van der Waals surface area contributed by atoms with E-state index in [-0.39, 0.29) is 10.7 Å². The first-order chi connectivity index (χ1) is 16.3. The lowest BCUT2D eigenvalue weighted by atomic mass is 10.00. The number of anilines is 1. The van der Waals surface area contributed by atoms with Gasteiger partial charge in [-0.1, -0.05) is 48.0 Å². The van der Waals surface area contributed by atoms with Gasteiger partial charge in [-0.2, -0.15) is 18.3 Å². The number of para-hydroxylation sites is 1. The fraction of sp³-hybridized carbons (Fsp3) is 0.192. The zero-order valence-electron chi connectivity index (χ0n) is 18.5. The topological polar surface area (TPSA) is 34.1 Å². The van der Waals surface area contributed by atoms with Crippen LogP contribution in [0.2, 0.25) is 5.02 Å².